The highest BCUT2D eigenvalue weighted by molar-refractivity contribution is 7.89. The average molecular weight is 492 g/mol. The SMILES string of the molecule is O=C(NCc1ccccc1S(=O)(=O)N1CCCCC1)c1cc2ccccc2cc1NC(=O)C1CC1. The first-order valence-corrected chi connectivity index (χ1v) is 13.6. The van der Waals surface area contributed by atoms with Gasteiger partial charge in [-0.25, -0.2) is 8.42 Å². The van der Waals surface area contributed by atoms with E-state index in [0.717, 1.165) is 42.9 Å². The van der Waals surface area contributed by atoms with Crippen LogP contribution in [-0.2, 0) is 21.4 Å². The van der Waals surface area contributed by atoms with Gasteiger partial charge in [0.15, 0.2) is 0 Å². The number of hydrogen-bond acceptors (Lipinski definition) is 4. The molecule has 0 aromatic heterocycles. The highest BCUT2D eigenvalue weighted by atomic mass is 32.2. The zero-order valence-corrected chi connectivity index (χ0v) is 20.3. The molecule has 1 saturated heterocycles. The molecule has 2 N–H and O–H groups in total. The van der Waals surface area contributed by atoms with Gasteiger partial charge in [-0.3, -0.25) is 9.59 Å². The number of nitrogens with one attached hydrogen (secondary N) is 2. The van der Waals surface area contributed by atoms with Gasteiger partial charge in [-0.05, 0) is 60.2 Å². The molecule has 5 rings (SSSR count). The van der Waals surface area contributed by atoms with Crippen LogP contribution in [0.2, 0.25) is 0 Å². The lowest BCUT2D eigenvalue weighted by Gasteiger charge is -2.26. The monoisotopic (exact) mass is 491 g/mol. The van der Waals surface area contributed by atoms with Gasteiger partial charge in [-0.15, -0.1) is 0 Å². The van der Waals surface area contributed by atoms with Crippen molar-refractivity contribution in [2.24, 2.45) is 5.92 Å². The number of nitrogens with zero attached hydrogens (tertiary/aromatic N) is 1. The second kappa shape index (κ2) is 9.79. The van der Waals surface area contributed by atoms with Crippen molar-refractivity contribution in [3.05, 3.63) is 71.8 Å². The van der Waals surface area contributed by atoms with E-state index in [1.165, 1.54) is 4.31 Å². The van der Waals surface area contributed by atoms with Gasteiger partial charge in [0.05, 0.1) is 16.1 Å². The third kappa shape index (κ3) is 5.09. The maximum atomic E-state index is 13.3. The number of anilines is 1. The van der Waals surface area contributed by atoms with E-state index in [0.29, 0.717) is 29.9 Å². The fourth-order valence-electron chi connectivity index (χ4n) is 4.53. The Morgan fingerprint density at radius 2 is 1.54 bits per heavy atom. The number of piperidine rings is 1. The maximum Gasteiger partial charge on any atom is 0.253 e. The zero-order chi connectivity index (χ0) is 24.4. The number of benzene rings is 3. The van der Waals surface area contributed by atoms with E-state index >= 15 is 0 Å². The van der Waals surface area contributed by atoms with Gasteiger partial charge in [-0.1, -0.05) is 48.9 Å². The van der Waals surface area contributed by atoms with Crippen molar-refractivity contribution in [2.45, 2.75) is 43.5 Å². The van der Waals surface area contributed by atoms with Crippen molar-refractivity contribution in [1.82, 2.24) is 9.62 Å². The molecule has 1 saturated carbocycles. The molecule has 0 bridgehead atoms. The van der Waals surface area contributed by atoms with E-state index in [4.69, 9.17) is 0 Å². The maximum absolute atomic E-state index is 13.3. The summed E-state index contributed by atoms with van der Waals surface area (Å²) in [6.07, 6.45) is 4.48. The molecular formula is C27H29N3O4S. The molecule has 1 aliphatic carbocycles. The number of amides is 2. The van der Waals surface area contributed by atoms with Crippen LogP contribution in [0.3, 0.4) is 0 Å². The quantitative estimate of drug-likeness (QED) is 0.515. The second-order valence-corrected chi connectivity index (χ2v) is 11.2. The number of sulfonamides is 1. The number of fused-ring (bicyclic) bond motifs is 1. The summed E-state index contributed by atoms with van der Waals surface area (Å²) in [4.78, 5) is 26.0. The Kier molecular flexibility index (Phi) is 6.58. The molecule has 0 spiro atoms. The first kappa shape index (κ1) is 23.5. The summed E-state index contributed by atoms with van der Waals surface area (Å²) in [6, 6.07) is 18.1. The summed E-state index contributed by atoms with van der Waals surface area (Å²) in [6.45, 7) is 1.10. The molecule has 2 aliphatic rings. The van der Waals surface area contributed by atoms with Crippen LogP contribution in [0.5, 0.6) is 0 Å². The van der Waals surface area contributed by atoms with Crippen molar-refractivity contribution in [2.75, 3.05) is 18.4 Å². The fraction of sp³-hybridized carbons (Fsp3) is 0.333. The lowest BCUT2D eigenvalue weighted by molar-refractivity contribution is -0.117. The van der Waals surface area contributed by atoms with Crippen LogP contribution in [0.25, 0.3) is 10.8 Å². The summed E-state index contributed by atoms with van der Waals surface area (Å²) in [5, 5.41) is 7.61. The fourth-order valence-corrected chi connectivity index (χ4v) is 6.27. The molecule has 1 heterocycles. The average Bonchev–Trinajstić information content (AvgIpc) is 3.73. The number of carbonyl (C=O) groups is 2. The lowest BCUT2D eigenvalue weighted by atomic mass is 10.0. The Bertz CT molecular complexity index is 1380. The third-order valence-electron chi connectivity index (χ3n) is 6.68. The Morgan fingerprint density at radius 3 is 2.26 bits per heavy atom. The highest BCUT2D eigenvalue weighted by Crippen LogP contribution is 2.32. The summed E-state index contributed by atoms with van der Waals surface area (Å²) in [5.41, 5.74) is 1.36. The number of carbonyl (C=O) groups excluding carboxylic acids is 2. The molecule has 7 nitrogen and oxygen atoms in total. The highest BCUT2D eigenvalue weighted by Gasteiger charge is 2.31. The molecule has 0 atom stereocenters. The number of hydrogen-bond donors (Lipinski definition) is 2. The van der Waals surface area contributed by atoms with Crippen LogP contribution in [0.15, 0.2) is 65.6 Å². The van der Waals surface area contributed by atoms with Crippen LogP contribution >= 0.6 is 0 Å². The van der Waals surface area contributed by atoms with E-state index in [-0.39, 0.29) is 29.2 Å². The largest absolute Gasteiger partial charge is 0.348 e. The zero-order valence-electron chi connectivity index (χ0n) is 19.5. The normalized spacial score (nSPS) is 16.7. The summed E-state index contributed by atoms with van der Waals surface area (Å²) in [5.74, 6) is -0.441. The van der Waals surface area contributed by atoms with Gasteiger partial charge in [-0.2, -0.15) is 4.31 Å². The van der Waals surface area contributed by atoms with E-state index < -0.39 is 10.0 Å². The minimum atomic E-state index is -3.64. The van der Waals surface area contributed by atoms with Crippen LogP contribution in [-0.4, -0.2) is 37.6 Å². The van der Waals surface area contributed by atoms with Crippen molar-refractivity contribution < 1.29 is 18.0 Å². The Labute approximate surface area is 205 Å². The van der Waals surface area contributed by atoms with Crippen LogP contribution in [0, 0.1) is 5.92 Å². The Hall–Kier alpha value is -3.23. The van der Waals surface area contributed by atoms with Crippen LogP contribution in [0.4, 0.5) is 5.69 Å². The second-order valence-electron chi connectivity index (χ2n) is 9.26. The molecule has 8 heteroatoms. The van der Waals surface area contributed by atoms with E-state index in [2.05, 4.69) is 10.6 Å². The molecule has 2 fully saturated rings. The molecule has 3 aromatic carbocycles. The Balaban J connectivity index is 1.40. The predicted molar refractivity (Wildman–Crippen MR) is 136 cm³/mol. The van der Waals surface area contributed by atoms with Crippen molar-refractivity contribution in [3.63, 3.8) is 0 Å². The molecule has 2 amide bonds. The van der Waals surface area contributed by atoms with Crippen molar-refractivity contribution in [3.8, 4) is 0 Å². The first-order valence-electron chi connectivity index (χ1n) is 12.1. The summed E-state index contributed by atoms with van der Waals surface area (Å²) >= 11 is 0. The number of rotatable bonds is 7. The molecule has 1 aliphatic heterocycles. The van der Waals surface area contributed by atoms with Gasteiger partial charge in [0.1, 0.15) is 0 Å². The minimum Gasteiger partial charge on any atom is -0.348 e. The summed E-state index contributed by atoms with van der Waals surface area (Å²) in [7, 11) is -3.64. The topological polar surface area (TPSA) is 95.6 Å². The van der Waals surface area contributed by atoms with E-state index in [1.54, 1.807) is 30.3 Å². The molecular weight excluding hydrogens is 462 g/mol. The smallest absolute Gasteiger partial charge is 0.253 e. The third-order valence-corrected chi connectivity index (χ3v) is 8.68. The molecule has 182 valence electrons. The van der Waals surface area contributed by atoms with Gasteiger partial charge in [0.25, 0.3) is 5.91 Å². The van der Waals surface area contributed by atoms with Crippen LogP contribution in [0.1, 0.15) is 48.0 Å². The van der Waals surface area contributed by atoms with E-state index in [1.807, 2.05) is 30.3 Å². The lowest BCUT2D eigenvalue weighted by Crippen LogP contribution is -2.36. The predicted octanol–water partition coefficient (Wildman–Crippen LogP) is 4.29. The van der Waals surface area contributed by atoms with Crippen molar-refractivity contribution >= 4 is 38.3 Å². The first-order chi connectivity index (χ1) is 16.9. The molecule has 35 heavy (non-hydrogen) atoms. The van der Waals surface area contributed by atoms with Gasteiger partial charge >= 0.3 is 0 Å². The standard InChI is InChI=1S/C27H29N3O4S/c31-26(19-12-13-19)29-24-17-21-9-3-2-8-20(21)16-23(24)27(32)28-18-22-10-4-5-11-25(22)35(33,34)30-14-6-1-7-15-30/h2-5,8-11,16-17,19H,1,6-7,12-15,18H2,(H,28,32)(H,29,31). The van der Waals surface area contributed by atoms with Crippen LogP contribution < -0.4 is 10.6 Å². The van der Waals surface area contributed by atoms with Gasteiger partial charge in [0, 0.05) is 25.6 Å². The van der Waals surface area contributed by atoms with Gasteiger partial charge in [0.2, 0.25) is 15.9 Å². The molecule has 0 radical (unpaired) electrons. The molecule has 3 aromatic rings. The summed E-state index contributed by atoms with van der Waals surface area (Å²) < 4.78 is 28.1. The van der Waals surface area contributed by atoms with Crippen molar-refractivity contribution in [1.29, 1.82) is 0 Å². The van der Waals surface area contributed by atoms with E-state index in [9.17, 15) is 18.0 Å². The molecule has 0 unspecified atom stereocenters. The minimum absolute atomic E-state index is 0.00394. The van der Waals surface area contributed by atoms with Gasteiger partial charge < -0.3 is 10.6 Å². The Morgan fingerprint density at radius 1 is 0.886 bits per heavy atom.